The number of hydrogen-bond acceptors (Lipinski definition) is 4. The van der Waals surface area contributed by atoms with Gasteiger partial charge in [0.25, 0.3) is 0 Å². The maximum atomic E-state index is 13.5. The number of esters is 1. The normalized spacial score (nSPS) is 14.6. The van der Waals surface area contributed by atoms with Gasteiger partial charge in [0.15, 0.2) is 9.84 Å². The topological polar surface area (TPSA) is 60.4 Å². The van der Waals surface area contributed by atoms with E-state index in [-0.39, 0.29) is 12.2 Å². The highest BCUT2D eigenvalue weighted by Gasteiger charge is 2.51. The molecule has 1 aliphatic rings. The Hall–Kier alpha value is -2.14. The third kappa shape index (κ3) is 2.67. The number of benzene rings is 2. The van der Waals surface area contributed by atoms with E-state index < -0.39 is 20.6 Å². The molecule has 132 valence electrons. The van der Waals surface area contributed by atoms with Crippen LogP contribution in [-0.2, 0) is 24.1 Å². The summed E-state index contributed by atoms with van der Waals surface area (Å²) in [5.74, 6) is -0.725. The number of methoxy groups -OCH3 is 1. The maximum Gasteiger partial charge on any atom is 0.306 e. The molecule has 0 bridgehead atoms. The predicted octanol–water partition coefficient (Wildman–Crippen LogP) is 3.69. The molecular formula is C20H22O4S. The zero-order valence-electron chi connectivity index (χ0n) is 14.5. The van der Waals surface area contributed by atoms with Crippen molar-refractivity contribution in [3.63, 3.8) is 0 Å². The van der Waals surface area contributed by atoms with Crippen LogP contribution >= 0.6 is 0 Å². The lowest BCUT2D eigenvalue weighted by Gasteiger charge is -2.31. The predicted molar refractivity (Wildman–Crippen MR) is 98.0 cm³/mol. The van der Waals surface area contributed by atoms with Crippen LogP contribution in [0.15, 0.2) is 48.5 Å². The van der Waals surface area contributed by atoms with E-state index in [1.165, 1.54) is 7.11 Å². The maximum absolute atomic E-state index is 13.5. The molecule has 2 aromatic carbocycles. The standard InChI is InChI=1S/C20H22O4S/c1-3-13-20(25(22,23)14-12-19(21)24-2)17-10-6-4-8-15(17)16-9-5-7-11-18(16)20/h4-11H,3,12-14H2,1-2H3. The zero-order valence-corrected chi connectivity index (χ0v) is 15.3. The molecule has 4 nitrogen and oxygen atoms in total. The Bertz CT molecular complexity index is 854. The van der Waals surface area contributed by atoms with E-state index in [9.17, 15) is 13.2 Å². The Morgan fingerprint density at radius 3 is 2.00 bits per heavy atom. The highest BCUT2D eigenvalue weighted by molar-refractivity contribution is 7.92. The molecule has 0 N–H and O–H groups in total. The number of carbonyl (C=O) groups excluding carboxylic acids is 1. The number of carbonyl (C=O) groups is 1. The SMILES string of the molecule is CCCC1(S(=O)(=O)CCC(=O)OC)c2ccccc2-c2ccccc21. The summed E-state index contributed by atoms with van der Waals surface area (Å²) in [5.41, 5.74) is 3.58. The molecule has 0 aromatic heterocycles. The molecule has 0 spiro atoms. The number of sulfone groups is 1. The molecule has 0 atom stereocenters. The quantitative estimate of drug-likeness (QED) is 0.739. The van der Waals surface area contributed by atoms with Gasteiger partial charge in [-0.15, -0.1) is 0 Å². The molecule has 25 heavy (non-hydrogen) atoms. The van der Waals surface area contributed by atoms with Gasteiger partial charge in [-0.3, -0.25) is 4.79 Å². The molecule has 0 amide bonds. The van der Waals surface area contributed by atoms with Crippen LogP contribution in [0.2, 0.25) is 0 Å². The molecule has 0 saturated carbocycles. The van der Waals surface area contributed by atoms with Crippen LogP contribution in [0.1, 0.15) is 37.3 Å². The van der Waals surface area contributed by atoms with Gasteiger partial charge >= 0.3 is 5.97 Å². The zero-order chi connectivity index (χ0) is 18.1. The monoisotopic (exact) mass is 358 g/mol. The summed E-state index contributed by atoms with van der Waals surface area (Å²) in [5, 5.41) is 0. The van der Waals surface area contributed by atoms with E-state index >= 15 is 0 Å². The lowest BCUT2D eigenvalue weighted by Crippen LogP contribution is -2.37. The van der Waals surface area contributed by atoms with Crippen molar-refractivity contribution < 1.29 is 17.9 Å². The molecule has 0 aliphatic heterocycles. The van der Waals surface area contributed by atoms with Gasteiger partial charge < -0.3 is 4.74 Å². The largest absolute Gasteiger partial charge is 0.469 e. The highest BCUT2D eigenvalue weighted by Crippen LogP contribution is 2.54. The third-order valence-corrected chi connectivity index (χ3v) is 7.40. The number of fused-ring (bicyclic) bond motifs is 3. The van der Waals surface area contributed by atoms with E-state index in [0.717, 1.165) is 28.7 Å². The lowest BCUT2D eigenvalue weighted by atomic mass is 9.91. The second-order valence-corrected chi connectivity index (χ2v) is 8.65. The van der Waals surface area contributed by atoms with E-state index in [0.29, 0.717) is 6.42 Å². The first kappa shape index (κ1) is 17.7. The minimum atomic E-state index is -3.62. The molecule has 0 fully saturated rings. The van der Waals surface area contributed by atoms with Crippen molar-refractivity contribution >= 4 is 15.8 Å². The van der Waals surface area contributed by atoms with Crippen molar-refractivity contribution in [3.8, 4) is 11.1 Å². The van der Waals surface area contributed by atoms with Crippen molar-refractivity contribution in [1.82, 2.24) is 0 Å². The second-order valence-electron chi connectivity index (χ2n) is 6.31. The number of ether oxygens (including phenoxy) is 1. The number of hydrogen-bond donors (Lipinski definition) is 0. The van der Waals surface area contributed by atoms with E-state index in [1.54, 1.807) is 0 Å². The van der Waals surface area contributed by atoms with E-state index in [1.807, 2.05) is 55.5 Å². The summed E-state index contributed by atoms with van der Waals surface area (Å²) < 4.78 is 30.5. The van der Waals surface area contributed by atoms with Crippen LogP contribution in [0, 0.1) is 0 Å². The van der Waals surface area contributed by atoms with Crippen molar-refractivity contribution in [2.45, 2.75) is 30.9 Å². The van der Waals surface area contributed by atoms with Crippen LogP contribution in [-0.4, -0.2) is 27.2 Å². The van der Waals surface area contributed by atoms with Crippen LogP contribution < -0.4 is 0 Å². The van der Waals surface area contributed by atoms with Gasteiger partial charge in [0.05, 0.1) is 19.3 Å². The molecule has 0 heterocycles. The van der Waals surface area contributed by atoms with Crippen LogP contribution in [0.25, 0.3) is 11.1 Å². The Balaban J connectivity index is 2.22. The van der Waals surface area contributed by atoms with Gasteiger partial charge in [-0.1, -0.05) is 61.9 Å². The van der Waals surface area contributed by atoms with Crippen molar-refractivity contribution in [3.05, 3.63) is 59.7 Å². The first-order valence-electron chi connectivity index (χ1n) is 8.46. The summed E-state index contributed by atoms with van der Waals surface area (Å²) >= 11 is 0. The van der Waals surface area contributed by atoms with Crippen molar-refractivity contribution in [2.24, 2.45) is 0 Å². The smallest absolute Gasteiger partial charge is 0.306 e. The lowest BCUT2D eigenvalue weighted by molar-refractivity contribution is -0.140. The minimum Gasteiger partial charge on any atom is -0.469 e. The summed E-state index contributed by atoms with van der Waals surface area (Å²) in [6.45, 7) is 1.99. The fraction of sp³-hybridized carbons (Fsp3) is 0.350. The average molecular weight is 358 g/mol. The second kappa shape index (κ2) is 6.64. The summed E-state index contributed by atoms with van der Waals surface area (Å²) in [6.07, 6.45) is 1.08. The molecule has 0 saturated heterocycles. The van der Waals surface area contributed by atoms with Crippen LogP contribution in [0.3, 0.4) is 0 Å². The highest BCUT2D eigenvalue weighted by atomic mass is 32.2. The molecule has 2 aromatic rings. The first-order valence-corrected chi connectivity index (χ1v) is 10.1. The third-order valence-electron chi connectivity index (χ3n) is 4.95. The van der Waals surface area contributed by atoms with Crippen LogP contribution in [0.4, 0.5) is 0 Å². The molecule has 5 heteroatoms. The van der Waals surface area contributed by atoms with Crippen molar-refractivity contribution in [1.29, 1.82) is 0 Å². The van der Waals surface area contributed by atoms with Gasteiger partial charge in [-0.05, 0) is 28.7 Å². The summed E-state index contributed by atoms with van der Waals surface area (Å²) in [6, 6.07) is 15.4. The summed E-state index contributed by atoms with van der Waals surface area (Å²) in [7, 11) is -2.34. The minimum absolute atomic E-state index is 0.130. The molecule has 1 aliphatic carbocycles. The van der Waals surface area contributed by atoms with E-state index in [2.05, 4.69) is 4.74 Å². The van der Waals surface area contributed by atoms with Gasteiger partial charge in [0, 0.05) is 0 Å². The van der Waals surface area contributed by atoms with Gasteiger partial charge in [0.1, 0.15) is 4.75 Å². The van der Waals surface area contributed by atoms with Gasteiger partial charge in [0.2, 0.25) is 0 Å². The molecular weight excluding hydrogens is 336 g/mol. The Morgan fingerprint density at radius 1 is 1.00 bits per heavy atom. The Morgan fingerprint density at radius 2 is 1.52 bits per heavy atom. The Labute approximate surface area is 148 Å². The summed E-state index contributed by atoms with van der Waals surface area (Å²) in [4.78, 5) is 11.5. The number of rotatable bonds is 6. The van der Waals surface area contributed by atoms with E-state index in [4.69, 9.17) is 0 Å². The van der Waals surface area contributed by atoms with Gasteiger partial charge in [-0.25, -0.2) is 8.42 Å². The molecule has 3 rings (SSSR count). The fourth-order valence-corrected chi connectivity index (χ4v) is 6.22. The molecule has 0 unspecified atom stereocenters. The molecule has 0 radical (unpaired) electrons. The fourth-order valence-electron chi connectivity index (χ4n) is 3.89. The Kier molecular flexibility index (Phi) is 4.69. The first-order chi connectivity index (χ1) is 12.0. The van der Waals surface area contributed by atoms with Gasteiger partial charge in [-0.2, -0.15) is 0 Å². The van der Waals surface area contributed by atoms with Crippen molar-refractivity contribution in [2.75, 3.05) is 12.9 Å². The average Bonchev–Trinajstić information content (AvgIpc) is 2.92. The van der Waals surface area contributed by atoms with Crippen LogP contribution in [0.5, 0.6) is 0 Å².